The van der Waals surface area contributed by atoms with Crippen LogP contribution in [0.1, 0.15) is 39.0 Å². The smallest absolute Gasteiger partial charge is 0.331 e. The lowest BCUT2D eigenvalue weighted by molar-refractivity contribution is -0.133. The number of nitrogens with zero attached hydrogens (tertiary/aromatic N) is 1. The first-order valence-corrected chi connectivity index (χ1v) is 6.78. The molecule has 2 rings (SSSR count). The molecule has 1 N–H and O–H groups in total. The highest BCUT2D eigenvalue weighted by Crippen LogP contribution is 2.39. The van der Waals surface area contributed by atoms with Crippen molar-refractivity contribution < 1.29 is 9.90 Å². The topological polar surface area (TPSA) is 40.5 Å². The second-order valence-electron chi connectivity index (χ2n) is 5.49. The first kappa shape index (κ1) is 12.6. The number of rotatable bonds is 2. The third kappa shape index (κ3) is 2.54. The van der Waals surface area contributed by atoms with Crippen molar-refractivity contribution >= 4 is 5.97 Å². The Morgan fingerprint density at radius 1 is 1.29 bits per heavy atom. The number of fused-ring (bicyclic) bond motifs is 2. The van der Waals surface area contributed by atoms with Crippen molar-refractivity contribution in [1.82, 2.24) is 4.90 Å². The number of likely N-dealkylation sites (tertiary alicyclic amines) is 1. The van der Waals surface area contributed by atoms with Gasteiger partial charge in [-0.3, -0.25) is 0 Å². The Labute approximate surface area is 103 Å². The molecule has 3 heteroatoms. The summed E-state index contributed by atoms with van der Waals surface area (Å²) in [5.74, 6) is 0.295. The van der Waals surface area contributed by atoms with Crippen molar-refractivity contribution in [3.8, 4) is 0 Å². The molecule has 0 aromatic rings. The fourth-order valence-electron chi connectivity index (χ4n) is 3.60. The minimum absolute atomic E-state index is 0.493. The molecule has 17 heavy (non-hydrogen) atoms. The molecule has 1 aliphatic heterocycles. The molecule has 0 amide bonds. The molecule has 3 nitrogen and oxygen atoms in total. The summed E-state index contributed by atoms with van der Waals surface area (Å²) < 4.78 is 0. The van der Waals surface area contributed by atoms with Crippen LogP contribution in [0.15, 0.2) is 11.1 Å². The third-order valence-electron chi connectivity index (χ3n) is 4.26. The molecule has 2 unspecified atom stereocenters. The van der Waals surface area contributed by atoms with E-state index in [1.165, 1.54) is 31.3 Å². The van der Waals surface area contributed by atoms with Gasteiger partial charge in [0.1, 0.15) is 0 Å². The second kappa shape index (κ2) is 5.21. The van der Waals surface area contributed by atoms with Crippen molar-refractivity contribution in [3.63, 3.8) is 0 Å². The maximum Gasteiger partial charge on any atom is 0.331 e. The normalized spacial score (nSPS) is 29.9. The van der Waals surface area contributed by atoms with Gasteiger partial charge in [0.15, 0.2) is 0 Å². The Morgan fingerprint density at radius 3 is 2.24 bits per heavy atom. The minimum atomic E-state index is -0.691. The summed E-state index contributed by atoms with van der Waals surface area (Å²) in [5, 5.41) is 9.37. The summed E-state index contributed by atoms with van der Waals surface area (Å²) >= 11 is 0. The first-order chi connectivity index (χ1) is 8.13. The predicted molar refractivity (Wildman–Crippen MR) is 67.9 cm³/mol. The highest BCUT2D eigenvalue weighted by Gasteiger charge is 2.34. The van der Waals surface area contributed by atoms with Gasteiger partial charge in [0.2, 0.25) is 0 Å². The predicted octanol–water partition coefficient (Wildman–Crippen LogP) is 2.53. The maximum atomic E-state index is 11.4. The fraction of sp³-hybridized carbons (Fsp3) is 0.786. The Bertz CT molecular complexity index is 317. The summed E-state index contributed by atoms with van der Waals surface area (Å²) in [6, 6.07) is 0. The van der Waals surface area contributed by atoms with Crippen LogP contribution in [0.4, 0.5) is 0 Å². The molecule has 96 valence electrons. The summed E-state index contributed by atoms with van der Waals surface area (Å²) in [6.45, 7) is 4.06. The van der Waals surface area contributed by atoms with Crippen LogP contribution in [0.5, 0.6) is 0 Å². The Kier molecular flexibility index (Phi) is 3.87. The Hall–Kier alpha value is -0.830. The Morgan fingerprint density at radius 2 is 1.82 bits per heavy atom. The van der Waals surface area contributed by atoms with E-state index in [0.29, 0.717) is 23.8 Å². The van der Waals surface area contributed by atoms with Crippen LogP contribution in [-0.2, 0) is 4.79 Å². The zero-order valence-electron chi connectivity index (χ0n) is 10.9. The van der Waals surface area contributed by atoms with E-state index in [1.807, 2.05) is 6.92 Å². The fourth-order valence-corrected chi connectivity index (χ4v) is 3.60. The van der Waals surface area contributed by atoms with Gasteiger partial charge in [-0.15, -0.1) is 0 Å². The van der Waals surface area contributed by atoms with Crippen LogP contribution in [0.25, 0.3) is 0 Å². The average molecular weight is 237 g/mol. The van der Waals surface area contributed by atoms with Gasteiger partial charge in [0.25, 0.3) is 0 Å². The van der Waals surface area contributed by atoms with E-state index in [-0.39, 0.29) is 0 Å². The number of carboxylic acid groups (broad SMARTS) is 1. The third-order valence-corrected chi connectivity index (χ3v) is 4.26. The maximum absolute atomic E-state index is 11.4. The molecular formula is C14H23NO2. The van der Waals surface area contributed by atoms with E-state index in [4.69, 9.17) is 0 Å². The molecule has 0 radical (unpaired) electrons. The van der Waals surface area contributed by atoms with E-state index < -0.39 is 5.97 Å². The Balaban J connectivity index is 2.39. The number of aliphatic carboxylic acids is 1. The van der Waals surface area contributed by atoms with E-state index in [1.54, 1.807) is 0 Å². The molecule has 1 aliphatic carbocycles. The molecule has 2 aliphatic rings. The van der Waals surface area contributed by atoms with Crippen molar-refractivity contribution in [1.29, 1.82) is 0 Å². The number of carbonyl (C=O) groups is 1. The highest BCUT2D eigenvalue weighted by molar-refractivity contribution is 5.87. The van der Waals surface area contributed by atoms with Gasteiger partial charge >= 0.3 is 5.97 Å². The summed E-state index contributed by atoms with van der Waals surface area (Å²) in [4.78, 5) is 13.8. The highest BCUT2D eigenvalue weighted by atomic mass is 16.4. The molecule has 2 atom stereocenters. The lowest BCUT2D eigenvalue weighted by Crippen LogP contribution is -2.40. The lowest BCUT2D eigenvalue weighted by atomic mass is 9.79. The molecule has 1 saturated carbocycles. The molecule has 0 aromatic carbocycles. The van der Waals surface area contributed by atoms with E-state index in [0.717, 1.165) is 13.1 Å². The van der Waals surface area contributed by atoms with Gasteiger partial charge in [0, 0.05) is 18.7 Å². The van der Waals surface area contributed by atoms with Crippen LogP contribution in [-0.4, -0.2) is 36.1 Å². The van der Waals surface area contributed by atoms with Gasteiger partial charge in [0.05, 0.1) is 0 Å². The van der Waals surface area contributed by atoms with Crippen molar-refractivity contribution in [2.24, 2.45) is 11.8 Å². The number of piperidine rings is 1. The monoisotopic (exact) mass is 237 g/mol. The zero-order valence-corrected chi connectivity index (χ0v) is 10.9. The molecule has 0 spiro atoms. The van der Waals surface area contributed by atoms with Crippen LogP contribution in [0.2, 0.25) is 0 Å². The largest absolute Gasteiger partial charge is 0.478 e. The van der Waals surface area contributed by atoms with E-state index >= 15 is 0 Å². The SMILES string of the molecule is CCC(C(=O)O)=C1C2CCCCC1CN(C)C2. The van der Waals surface area contributed by atoms with Crippen LogP contribution >= 0.6 is 0 Å². The number of hydrogen-bond acceptors (Lipinski definition) is 2. The van der Waals surface area contributed by atoms with Gasteiger partial charge in [-0.05, 0) is 38.1 Å². The molecule has 2 bridgehead atoms. The van der Waals surface area contributed by atoms with Crippen molar-refractivity contribution in [3.05, 3.63) is 11.1 Å². The summed E-state index contributed by atoms with van der Waals surface area (Å²) in [7, 11) is 2.16. The van der Waals surface area contributed by atoms with Gasteiger partial charge in [-0.2, -0.15) is 0 Å². The van der Waals surface area contributed by atoms with Crippen LogP contribution in [0.3, 0.4) is 0 Å². The van der Waals surface area contributed by atoms with Crippen LogP contribution < -0.4 is 0 Å². The second-order valence-corrected chi connectivity index (χ2v) is 5.49. The quantitative estimate of drug-likeness (QED) is 0.750. The molecule has 2 fully saturated rings. The van der Waals surface area contributed by atoms with Gasteiger partial charge in [-0.1, -0.05) is 25.3 Å². The average Bonchev–Trinajstić information content (AvgIpc) is 2.40. The summed E-state index contributed by atoms with van der Waals surface area (Å²) in [5.41, 5.74) is 1.99. The standard InChI is InChI=1S/C14H23NO2/c1-3-12(14(16)17)13-10-6-4-5-7-11(13)9-15(2)8-10/h10-11H,3-9H2,1-2H3,(H,16,17). The first-order valence-electron chi connectivity index (χ1n) is 6.78. The van der Waals surface area contributed by atoms with E-state index in [9.17, 15) is 9.90 Å². The molecule has 1 saturated heterocycles. The lowest BCUT2D eigenvalue weighted by Gasteiger charge is -2.37. The molecular weight excluding hydrogens is 214 g/mol. The van der Waals surface area contributed by atoms with Crippen molar-refractivity contribution in [2.75, 3.05) is 20.1 Å². The van der Waals surface area contributed by atoms with Gasteiger partial charge in [-0.25, -0.2) is 4.79 Å². The van der Waals surface area contributed by atoms with Crippen LogP contribution in [0, 0.1) is 11.8 Å². The van der Waals surface area contributed by atoms with Gasteiger partial charge < -0.3 is 10.0 Å². The van der Waals surface area contributed by atoms with E-state index in [2.05, 4.69) is 11.9 Å². The summed E-state index contributed by atoms with van der Waals surface area (Å²) in [6.07, 6.45) is 5.53. The number of carboxylic acids is 1. The molecule has 1 heterocycles. The number of hydrogen-bond donors (Lipinski definition) is 1. The van der Waals surface area contributed by atoms with Crippen molar-refractivity contribution in [2.45, 2.75) is 39.0 Å². The zero-order chi connectivity index (χ0) is 12.4. The minimum Gasteiger partial charge on any atom is -0.478 e. The molecule has 0 aromatic heterocycles.